The fourth-order valence-corrected chi connectivity index (χ4v) is 1.10. The smallest absolute Gasteiger partial charge is 0.854 e. The average molecular weight is 385 g/mol. The van der Waals surface area contributed by atoms with E-state index in [0.717, 1.165) is 12.5 Å². The molecule has 1 rings (SSSR count). The maximum atomic E-state index is 10.3. The third kappa shape index (κ3) is 13.2. The van der Waals surface area contributed by atoms with E-state index in [1.807, 2.05) is 12.2 Å². The molecular weight excluding hydrogens is 370 g/mol. The molecule has 1 aliphatic carbocycles. The van der Waals surface area contributed by atoms with Crippen LogP contribution in [0.3, 0.4) is 0 Å². The van der Waals surface area contributed by atoms with Gasteiger partial charge in [-0.15, -0.1) is 6.42 Å². The first kappa shape index (κ1) is 27.0. The van der Waals surface area contributed by atoms with Crippen LogP contribution < -0.4 is 14.7 Å². The molecule has 0 aliphatic heterocycles. The van der Waals surface area contributed by atoms with Gasteiger partial charge in [-0.3, -0.25) is 6.08 Å². The van der Waals surface area contributed by atoms with Crippen molar-refractivity contribution in [3.05, 3.63) is 36.0 Å². The van der Waals surface area contributed by atoms with Gasteiger partial charge in [0.2, 0.25) is 0 Å². The van der Waals surface area contributed by atoms with Gasteiger partial charge in [-0.05, 0) is 0 Å². The summed E-state index contributed by atoms with van der Waals surface area (Å²) in [4.78, 5) is 45.7. The van der Waals surface area contributed by atoms with E-state index < -0.39 is 33.8 Å². The van der Waals surface area contributed by atoms with E-state index in [1.54, 1.807) is 0 Å². The number of carbonyl (C=O) groups excluding carboxylic acids is 2. The van der Waals surface area contributed by atoms with Gasteiger partial charge in [0.15, 0.2) is 0 Å². The predicted octanol–water partition coefficient (Wildman–Crippen LogP) is -3.31. The van der Waals surface area contributed by atoms with E-state index in [2.05, 4.69) is 12.2 Å². The summed E-state index contributed by atoms with van der Waals surface area (Å²) in [6, 6.07) is 0. The molecule has 0 amide bonds. The van der Waals surface area contributed by atoms with Crippen molar-refractivity contribution in [1.82, 2.24) is 0 Å². The van der Waals surface area contributed by atoms with Crippen molar-refractivity contribution >= 4 is 20.5 Å². The molecule has 10 heteroatoms. The van der Waals surface area contributed by atoms with Crippen molar-refractivity contribution in [2.75, 3.05) is 19.8 Å². The summed E-state index contributed by atoms with van der Waals surface area (Å²) in [6.45, 7) is -1.95. The predicted molar refractivity (Wildman–Crippen MR) is 71.7 cm³/mol. The largest absolute Gasteiger partial charge is 3.00 e. The molecule has 0 heterocycles. The van der Waals surface area contributed by atoms with Crippen LogP contribution in [0, 0.1) is 11.5 Å². The van der Waals surface area contributed by atoms with Crippen LogP contribution in [-0.2, 0) is 26.7 Å². The van der Waals surface area contributed by atoms with Gasteiger partial charge in [-0.1, -0.05) is 0 Å². The van der Waals surface area contributed by atoms with Gasteiger partial charge in [0.1, 0.15) is 11.9 Å². The van der Waals surface area contributed by atoms with Crippen LogP contribution >= 0.6 is 8.60 Å². The average Bonchev–Trinajstić information content (AvgIpc) is 3.07. The van der Waals surface area contributed by atoms with Gasteiger partial charge in [-0.25, -0.2) is 21.7 Å². The topological polar surface area (TPSA) is 164 Å². The van der Waals surface area contributed by atoms with Crippen LogP contribution in [0.5, 0.6) is 0 Å². The molecule has 128 valence electrons. The molecule has 8 nitrogen and oxygen atoms in total. The first-order chi connectivity index (χ1) is 10.4. The maximum absolute atomic E-state index is 10.3. The van der Waals surface area contributed by atoms with Gasteiger partial charge < -0.3 is 38.6 Å². The van der Waals surface area contributed by atoms with Crippen molar-refractivity contribution in [2.45, 2.75) is 6.42 Å². The molecule has 0 saturated carbocycles. The Morgan fingerprint density at radius 1 is 1.22 bits per heavy atom. The van der Waals surface area contributed by atoms with Crippen LogP contribution in [0.4, 0.5) is 0 Å². The Morgan fingerprint density at radius 2 is 1.70 bits per heavy atom. The minimum atomic E-state index is -3.37. The second-order valence-corrected chi connectivity index (χ2v) is 4.21. The molecular formula is C13H15MnO8P-. The minimum absolute atomic E-state index is 0. The molecule has 0 unspecified atom stereocenters. The summed E-state index contributed by atoms with van der Waals surface area (Å²) in [5.74, 6) is 2.68. The second kappa shape index (κ2) is 17.4. The van der Waals surface area contributed by atoms with E-state index >= 15 is 0 Å². The summed E-state index contributed by atoms with van der Waals surface area (Å²) in [5.41, 5.74) is -1.81. The summed E-state index contributed by atoms with van der Waals surface area (Å²) in [6.07, 6.45) is 10.7. The van der Waals surface area contributed by atoms with Gasteiger partial charge in [-0.2, -0.15) is 6.08 Å². The number of hydrogen-bond donors (Lipinski definition) is 3. The van der Waals surface area contributed by atoms with Gasteiger partial charge >= 0.3 is 17.1 Å². The number of aliphatic hydroxyl groups excluding tert-OH is 3. The number of rotatable bonds is 5. The Morgan fingerprint density at radius 3 is 1.87 bits per heavy atom. The summed E-state index contributed by atoms with van der Waals surface area (Å²) >= 11 is 0. The molecule has 0 aromatic rings. The Bertz CT molecular complexity index is 426. The molecule has 1 aliphatic rings. The molecule has 0 aromatic carbocycles. The summed E-state index contributed by atoms with van der Waals surface area (Å²) in [7, 11) is -3.37. The van der Waals surface area contributed by atoms with E-state index in [-0.39, 0.29) is 22.6 Å². The maximum Gasteiger partial charge on any atom is 3.00 e. The Labute approximate surface area is 145 Å². The molecule has 0 aromatic heterocycles. The first-order valence-electron chi connectivity index (χ1n) is 5.76. The van der Waals surface area contributed by atoms with Crippen molar-refractivity contribution in [3.8, 4) is 0 Å². The van der Waals surface area contributed by atoms with Crippen LogP contribution in [-0.4, -0.2) is 47.0 Å². The normalized spacial score (nSPS) is 11.1. The number of hydrogen-bond acceptors (Lipinski definition) is 8. The van der Waals surface area contributed by atoms with Crippen LogP contribution in [0.2, 0.25) is 0 Å². The summed E-state index contributed by atoms with van der Waals surface area (Å²) < 4.78 is 0. The molecule has 0 radical (unpaired) electrons. The van der Waals surface area contributed by atoms with Gasteiger partial charge in [0, 0.05) is 6.08 Å². The van der Waals surface area contributed by atoms with Crippen molar-refractivity contribution < 1.29 is 56.7 Å². The zero-order chi connectivity index (χ0) is 17.4. The molecule has 0 bridgehead atoms. The van der Waals surface area contributed by atoms with Gasteiger partial charge in [0.05, 0.1) is 30.8 Å². The van der Waals surface area contributed by atoms with Crippen LogP contribution in [0.25, 0.3) is 0 Å². The fourth-order valence-electron chi connectivity index (χ4n) is 1.10. The Kier molecular flexibility index (Phi) is 20.4. The standard InChI is InChI=1S/C8H10O5.C5H5.Mn.O3P/c9-2-1-7(3-10)8(4-11,5-12)6-13;1-2-4-5-3-1;;1-4(2)3/h1,11-13H,4-6H2;1-3H,4H2;;/q;-1;+3;-3. The molecule has 0 fully saturated rings. The van der Waals surface area contributed by atoms with E-state index in [0.29, 0.717) is 0 Å². The monoisotopic (exact) mass is 385 g/mol. The number of aliphatic hydroxyl groups is 3. The van der Waals surface area contributed by atoms with Crippen LogP contribution in [0.15, 0.2) is 29.9 Å². The Hall–Kier alpha value is -0.911. The van der Waals surface area contributed by atoms with Crippen LogP contribution in [0.1, 0.15) is 6.42 Å². The first-order valence-corrected chi connectivity index (χ1v) is 6.86. The minimum Gasteiger partial charge on any atom is -0.854 e. The van der Waals surface area contributed by atoms with Crippen molar-refractivity contribution in [3.63, 3.8) is 0 Å². The zero-order valence-electron chi connectivity index (χ0n) is 11.8. The molecule has 23 heavy (non-hydrogen) atoms. The number of allylic oxidation sites excluding steroid dienone is 5. The molecule has 0 atom stereocenters. The third-order valence-corrected chi connectivity index (χ3v) is 2.38. The SMILES string of the molecule is O=C=CC(=C=O)C(CO)(CO)CO.[C-]1=CC=CC1.[Mn+3].[O-]P([O-])[O-]. The zero-order valence-corrected chi connectivity index (χ0v) is 13.9. The van der Waals surface area contributed by atoms with Crippen molar-refractivity contribution in [1.29, 1.82) is 0 Å². The molecule has 0 spiro atoms. The van der Waals surface area contributed by atoms with E-state index in [9.17, 15) is 9.59 Å². The van der Waals surface area contributed by atoms with Gasteiger partial charge in [0.25, 0.3) is 0 Å². The fraction of sp³-hybridized carbons (Fsp3) is 0.385. The van der Waals surface area contributed by atoms with E-state index in [1.165, 1.54) is 11.9 Å². The third-order valence-electron chi connectivity index (χ3n) is 2.38. The molecule has 0 saturated heterocycles. The summed E-state index contributed by atoms with van der Waals surface area (Å²) in [5, 5.41) is 26.5. The van der Waals surface area contributed by atoms with Crippen molar-refractivity contribution in [2.24, 2.45) is 5.41 Å². The second-order valence-electron chi connectivity index (χ2n) is 3.76. The van der Waals surface area contributed by atoms with E-state index in [4.69, 9.17) is 30.0 Å². The quantitative estimate of drug-likeness (QED) is 0.146. The Balaban J connectivity index is -0.000000327. The molecule has 3 N–H and O–H groups in total.